The lowest BCUT2D eigenvalue weighted by molar-refractivity contribution is -0.170. The Balaban J connectivity index is 2.01. The molecule has 0 aromatic rings. The maximum Gasteiger partial charge on any atom is 0.317 e. The lowest BCUT2D eigenvalue weighted by Crippen LogP contribution is -2.41. The number of carbonyl (C=O) groups is 2. The highest BCUT2D eigenvalue weighted by Crippen LogP contribution is 2.45. The summed E-state index contributed by atoms with van der Waals surface area (Å²) in [5, 5.41) is 8.65. The number of esters is 1. The van der Waals surface area contributed by atoms with Crippen LogP contribution in [0.5, 0.6) is 0 Å². The van der Waals surface area contributed by atoms with Crippen LogP contribution in [0.15, 0.2) is 0 Å². The minimum absolute atomic E-state index is 0.340. The van der Waals surface area contributed by atoms with Crippen LogP contribution in [-0.4, -0.2) is 22.6 Å². The lowest BCUT2D eigenvalue weighted by atomic mass is 9.75. The molecule has 0 unspecified atom stereocenters. The van der Waals surface area contributed by atoms with Gasteiger partial charge >= 0.3 is 11.9 Å². The van der Waals surface area contributed by atoms with Crippen LogP contribution in [0.4, 0.5) is 0 Å². The normalized spacial score (nSPS) is 23.8. The van der Waals surface area contributed by atoms with E-state index in [-0.39, 0.29) is 5.60 Å². The Kier molecular flexibility index (Phi) is 4.25. The largest absolute Gasteiger partial charge is 0.481 e. The van der Waals surface area contributed by atoms with Crippen LogP contribution in [0.25, 0.3) is 0 Å². The van der Waals surface area contributed by atoms with E-state index in [2.05, 4.69) is 0 Å². The molecule has 0 aromatic heterocycles. The zero-order valence-corrected chi connectivity index (χ0v) is 10.8. The standard InChI is InChI=1S/C14H22O4/c15-12(16)10-13(17)18-14(8-4-5-9-14)11-6-2-1-3-7-11/h11H,1-10H2,(H,15,16). The van der Waals surface area contributed by atoms with Gasteiger partial charge in [0.2, 0.25) is 0 Å². The van der Waals surface area contributed by atoms with Gasteiger partial charge in [0.15, 0.2) is 0 Å². The second-order valence-corrected chi connectivity index (χ2v) is 5.65. The molecule has 0 radical (unpaired) electrons. The Morgan fingerprint density at radius 3 is 2.22 bits per heavy atom. The van der Waals surface area contributed by atoms with Gasteiger partial charge in [0.1, 0.15) is 12.0 Å². The molecule has 0 saturated heterocycles. The van der Waals surface area contributed by atoms with Gasteiger partial charge in [0, 0.05) is 0 Å². The maximum absolute atomic E-state index is 11.7. The van der Waals surface area contributed by atoms with Crippen LogP contribution in [0.1, 0.15) is 64.2 Å². The maximum atomic E-state index is 11.7. The molecule has 18 heavy (non-hydrogen) atoms. The fourth-order valence-corrected chi connectivity index (χ4v) is 3.58. The van der Waals surface area contributed by atoms with Crippen molar-refractivity contribution in [3.63, 3.8) is 0 Å². The molecule has 0 aromatic carbocycles. The topological polar surface area (TPSA) is 63.6 Å². The fourth-order valence-electron chi connectivity index (χ4n) is 3.58. The Bertz CT molecular complexity index is 312. The highest BCUT2D eigenvalue weighted by atomic mass is 16.6. The molecule has 102 valence electrons. The van der Waals surface area contributed by atoms with Crippen LogP contribution in [0.3, 0.4) is 0 Å². The molecule has 2 saturated carbocycles. The van der Waals surface area contributed by atoms with Crippen molar-refractivity contribution in [1.29, 1.82) is 0 Å². The molecule has 0 spiro atoms. The average Bonchev–Trinajstić information content (AvgIpc) is 2.79. The minimum Gasteiger partial charge on any atom is -0.481 e. The van der Waals surface area contributed by atoms with Crippen molar-refractivity contribution in [1.82, 2.24) is 0 Å². The van der Waals surface area contributed by atoms with Crippen LogP contribution in [0.2, 0.25) is 0 Å². The summed E-state index contributed by atoms with van der Waals surface area (Å²) in [7, 11) is 0. The molecule has 2 aliphatic carbocycles. The molecule has 4 nitrogen and oxygen atoms in total. The summed E-state index contributed by atoms with van der Waals surface area (Å²) in [6.07, 6.45) is 9.47. The van der Waals surface area contributed by atoms with Gasteiger partial charge in [-0.3, -0.25) is 9.59 Å². The summed E-state index contributed by atoms with van der Waals surface area (Å²) < 4.78 is 5.63. The van der Waals surface area contributed by atoms with E-state index >= 15 is 0 Å². The zero-order chi connectivity index (χ0) is 13.0. The molecule has 0 atom stereocenters. The van der Waals surface area contributed by atoms with Crippen LogP contribution < -0.4 is 0 Å². The van der Waals surface area contributed by atoms with Crippen molar-refractivity contribution >= 4 is 11.9 Å². The van der Waals surface area contributed by atoms with E-state index in [1.54, 1.807) is 0 Å². The summed E-state index contributed by atoms with van der Waals surface area (Å²) in [6, 6.07) is 0. The van der Waals surface area contributed by atoms with Gasteiger partial charge in [0.05, 0.1) is 0 Å². The molecule has 4 heteroatoms. The van der Waals surface area contributed by atoms with Crippen LogP contribution >= 0.6 is 0 Å². The number of carboxylic acids is 1. The first-order valence-corrected chi connectivity index (χ1v) is 7.06. The predicted octanol–water partition coefficient (Wildman–Crippen LogP) is 2.90. The molecule has 2 fully saturated rings. The smallest absolute Gasteiger partial charge is 0.317 e. The zero-order valence-electron chi connectivity index (χ0n) is 10.8. The first kappa shape index (κ1) is 13.4. The first-order chi connectivity index (χ1) is 8.62. The van der Waals surface area contributed by atoms with Gasteiger partial charge in [-0.1, -0.05) is 19.3 Å². The van der Waals surface area contributed by atoms with Crippen molar-refractivity contribution in [2.45, 2.75) is 69.8 Å². The van der Waals surface area contributed by atoms with Gasteiger partial charge in [-0.05, 0) is 44.4 Å². The summed E-state index contributed by atoms with van der Waals surface area (Å²) in [4.78, 5) is 22.2. The molecular weight excluding hydrogens is 232 g/mol. The quantitative estimate of drug-likeness (QED) is 0.619. The second-order valence-electron chi connectivity index (χ2n) is 5.65. The molecular formula is C14H22O4. The number of ether oxygens (including phenoxy) is 1. The van der Waals surface area contributed by atoms with Crippen molar-refractivity contribution in [2.24, 2.45) is 5.92 Å². The number of hydrogen-bond acceptors (Lipinski definition) is 3. The second kappa shape index (κ2) is 5.72. The third kappa shape index (κ3) is 3.03. The highest BCUT2D eigenvalue weighted by Gasteiger charge is 2.44. The molecule has 0 heterocycles. The van der Waals surface area contributed by atoms with Crippen molar-refractivity contribution in [2.75, 3.05) is 0 Å². The number of hydrogen-bond donors (Lipinski definition) is 1. The Morgan fingerprint density at radius 1 is 1.06 bits per heavy atom. The molecule has 2 rings (SSSR count). The van der Waals surface area contributed by atoms with Crippen molar-refractivity contribution in [3.8, 4) is 0 Å². The molecule has 0 aliphatic heterocycles. The third-order valence-electron chi connectivity index (χ3n) is 4.41. The SMILES string of the molecule is O=C(O)CC(=O)OC1(C2CCCCC2)CCCC1. The van der Waals surface area contributed by atoms with Gasteiger partial charge in [-0.15, -0.1) is 0 Å². The molecule has 0 bridgehead atoms. The summed E-state index contributed by atoms with van der Waals surface area (Å²) in [5.74, 6) is -1.21. The first-order valence-electron chi connectivity index (χ1n) is 7.06. The number of rotatable bonds is 4. The van der Waals surface area contributed by atoms with Crippen molar-refractivity contribution < 1.29 is 19.4 Å². The van der Waals surface area contributed by atoms with E-state index in [0.717, 1.165) is 38.5 Å². The van der Waals surface area contributed by atoms with Crippen LogP contribution in [-0.2, 0) is 14.3 Å². The van der Waals surface area contributed by atoms with Gasteiger partial charge in [0.25, 0.3) is 0 Å². The molecule has 0 amide bonds. The van der Waals surface area contributed by atoms with Gasteiger partial charge < -0.3 is 9.84 Å². The molecule has 2 aliphatic rings. The summed E-state index contributed by atoms with van der Waals surface area (Å²) in [5.41, 5.74) is -0.340. The summed E-state index contributed by atoms with van der Waals surface area (Å²) >= 11 is 0. The number of carboxylic acid groups (broad SMARTS) is 1. The van der Waals surface area contributed by atoms with E-state index in [0.29, 0.717) is 5.92 Å². The third-order valence-corrected chi connectivity index (χ3v) is 4.41. The molecule has 1 N–H and O–H groups in total. The number of carbonyl (C=O) groups excluding carboxylic acids is 1. The van der Waals surface area contributed by atoms with E-state index in [4.69, 9.17) is 9.84 Å². The predicted molar refractivity (Wildman–Crippen MR) is 66.1 cm³/mol. The average molecular weight is 254 g/mol. The van der Waals surface area contributed by atoms with E-state index < -0.39 is 18.4 Å². The van der Waals surface area contributed by atoms with Gasteiger partial charge in [-0.25, -0.2) is 0 Å². The van der Waals surface area contributed by atoms with E-state index in [1.807, 2.05) is 0 Å². The van der Waals surface area contributed by atoms with Gasteiger partial charge in [-0.2, -0.15) is 0 Å². The van der Waals surface area contributed by atoms with Crippen molar-refractivity contribution in [3.05, 3.63) is 0 Å². The Morgan fingerprint density at radius 2 is 1.67 bits per heavy atom. The fraction of sp³-hybridized carbons (Fsp3) is 0.857. The number of aliphatic carboxylic acids is 1. The minimum atomic E-state index is -1.10. The Labute approximate surface area is 108 Å². The highest BCUT2D eigenvalue weighted by molar-refractivity contribution is 5.90. The Hall–Kier alpha value is -1.06. The van der Waals surface area contributed by atoms with E-state index in [1.165, 1.54) is 19.3 Å². The monoisotopic (exact) mass is 254 g/mol. The van der Waals surface area contributed by atoms with Crippen LogP contribution in [0, 0.1) is 5.92 Å². The lowest BCUT2D eigenvalue weighted by Gasteiger charge is -2.39. The summed E-state index contributed by atoms with van der Waals surface area (Å²) in [6.45, 7) is 0. The van der Waals surface area contributed by atoms with E-state index in [9.17, 15) is 9.59 Å².